The Labute approximate surface area is 356 Å². The highest BCUT2D eigenvalue weighted by Gasteiger charge is 2.33. The van der Waals surface area contributed by atoms with Crippen LogP contribution in [-0.4, -0.2) is 13.2 Å². The molecule has 1 nitrogen and oxygen atoms in total. The lowest BCUT2D eigenvalue weighted by molar-refractivity contribution is 0.155. The average molecular weight is 819 g/mol. The van der Waals surface area contributed by atoms with Crippen molar-refractivity contribution in [3.63, 3.8) is 0 Å². The van der Waals surface area contributed by atoms with E-state index in [0.717, 1.165) is 72.3 Å². The highest BCUT2D eigenvalue weighted by molar-refractivity contribution is 5.31. The third kappa shape index (κ3) is 13.8. The predicted molar refractivity (Wildman–Crippen MR) is 238 cm³/mol. The van der Waals surface area contributed by atoms with Crippen molar-refractivity contribution in [1.29, 1.82) is 0 Å². The molecule has 2 aromatic rings. The first-order chi connectivity index (χ1) is 28.8. The Kier molecular flexibility index (Phi) is 19.0. The zero-order chi connectivity index (χ0) is 41.4. The van der Waals surface area contributed by atoms with Gasteiger partial charge in [-0.15, -0.1) is 0 Å². The molecule has 0 saturated heterocycles. The normalized spacial score (nSPS) is 28.2. The number of hydrogen-bond acceptors (Lipinski definition) is 1. The van der Waals surface area contributed by atoms with Gasteiger partial charge in [0.2, 0.25) is 0 Å². The lowest BCUT2D eigenvalue weighted by Crippen LogP contribution is -2.25. The molecular weight excluding hydrogens is 741 g/mol. The van der Waals surface area contributed by atoms with E-state index in [0.29, 0.717) is 0 Å². The Morgan fingerprint density at radius 2 is 0.763 bits per heavy atom. The van der Waals surface area contributed by atoms with E-state index in [2.05, 4.69) is 13.8 Å². The Morgan fingerprint density at radius 3 is 1.08 bits per heavy atom. The molecule has 4 aliphatic rings. The van der Waals surface area contributed by atoms with Crippen LogP contribution >= 0.6 is 0 Å². The highest BCUT2D eigenvalue weighted by Crippen LogP contribution is 2.46. The molecule has 0 radical (unpaired) electrons. The van der Waals surface area contributed by atoms with Gasteiger partial charge in [-0.25, -0.2) is 17.6 Å². The Morgan fingerprint density at radius 1 is 0.441 bits per heavy atom. The summed E-state index contributed by atoms with van der Waals surface area (Å²) in [6.45, 7) is 5.13. The fraction of sp³-hybridized carbons (Fsp3) is 0.704. The molecule has 0 heterocycles. The minimum absolute atomic E-state index is 0.0996. The summed E-state index contributed by atoms with van der Waals surface area (Å²) in [7, 11) is 0. The van der Waals surface area contributed by atoms with Crippen molar-refractivity contribution in [2.45, 2.75) is 193 Å². The van der Waals surface area contributed by atoms with Crippen molar-refractivity contribution in [2.24, 2.45) is 35.5 Å². The van der Waals surface area contributed by atoms with Crippen LogP contribution in [0.25, 0.3) is 0 Å². The maximum absolute atomic E-state index is 15.2. The predicted octanol–water partition coefficient (Wildman–Crippen LogP) is 16.5. The number of ether oxygens (including phenoxy) is 1. The van der Waals surface area contributed by atoms with Crippen molar-refractivity contribution >= 4 is 0 Å². The molecule has 0 unspecified atom stereocenters. The fourth-order valence-electron chi connectivity index (χ4n) is 12.0. The maximum atomic E-state index is 15.2. The van der Waals surface area contributed by atoms with Crippen LogP contribution in [0.1, 0.15) is 202 Å². The summed E-state index contributed by atoms with van der Waals surface area (Å²) in [4.78, 5) is 0. The zero-order valence-corrected chi connectivity index (χ0v) is 37.0. The quantitative estimate of drug-likeness (QED) is 0.0735. The molecule has 4 fully saturated rings. The second-order valence-corrected chi connectivity index (χ2v) is 19.6. The Bertz CT molecular complexity index is 1420. The molecule has 0 bridgehead atoms. The summed E-state index contributed by atoms with van der Waals surface area (Å²) < 4.78 is 66.3. The zero-order valence-electron chi connectivity index (χ0n) is 37.0. The minimum atomic E-state index is -0.461. The van der Waals surface area contributed by atoms with E-state index in [9.17, 15) is 0 Å². The van der Waals surface area contributed by atoms with Crippen LogP contribution in [-0.2, 0) is 17.6 Å². The SMILES string of the molecule is CCCCCC1CCC(C2CCC(c3cc(F)c(CC=CCOCC=CCc4c(F)cc(C5CCC(C6CCC(CCCCC)CC6)CC5)cc4F)c(F)c3)CC2)CC1. The lowest BCUT2D eigenvalue weighted by atomic mass is 9.68. The minimum Gasteiger partial charge on any atom is -0.373 e. The standard InChI is InChI=1S/C54H78F4O/c1-3-5-7-13-39-17-21-41(22-18-39)43-25-29-45(30-26-43)47-35-51(55)49(52(56)36-47)15-9-11-33-59-34-12-10-16-50-53(57)37-48(38-54(50)58)46-31-27-44(28-32-46)42-23-19-40(20-24-42)14-8-6-4-2/h9-12,35-46H,3-8,13-34H2,1-2H3. The van der Waals surface area contributed by atoms with Gasteiger partial charge in [0.05, 0.1) is 13.2 Å². The van der Waals surface area contributed by atoms with E-state index in [1.54, 1.807) is 48.6 Å². The van der Waals surface area contributed by atoms with Gasteiger partial charge in [0, 0.05) is 11.1 Å². The summed E-state index contributed by atoms with van der Waals surface area (Å²) in [5.74, 6) is 3.76. The highest BCUT2D eigenvalue weighted by atomic mass is 19.1. The molecule has 0 N–H and O–H groups in total. The average Bonchev–Trinajstić information content (AvgIpc) is 3.25. The molecule has 0 atom stereocenters. The van der Waals surface area contributed by atoms with Gasteiger partial charge in [0.1, 0.15) is 23.3 Å². The molecule has 0 spiro atoms. The molecule has 0 aliphatic heterocycles. The molecule has 0 amide bonds. The van der Waals surface area contributed by atoms with Crippen LogP contribution < -0.4 is 0 Å². The van der Waals surface area contributed by atoms with E-state index in [1.807, 2.05) is 0 Å². The first-order valence-electron chi connectivity index (χ1n) is 24.7. The van der Waals surface area contributed by atoms with Crippen LogP contribution in [0.4, 0.5) is 17.6 Å². The van der Waals surface area contributed by atoms with Crippen LogP contribution in [0.15, 0.2) is 48.6 Å². The number of benzene rings is 2. The van der Waals surface area contributed by atoms with Gasteiger partial charge in [-0.3, -0.25) is 0 Å². The van der Waals surface area contributed by atoms with Crippen molar-refractivity contribution in [3.8, 4) is 0 Å². The van der Waals surface area contributed by atoms with E-state index >= 15 is 17.6 Å². The Hall–Kier alpha value is -2.40. The van der Waals surface area contributed by atoms with E-state index in [4.69, 9.17) is 4.74 Å². The summed E-state index contributed by atoms with van der Waals surface area (Å²) >= 11 is 0. The summed E-state index contributed by atoms with van der Waals surface area (Å²) in [5.41, 5.74) is 1.83. The first kappa shape index (κ1) is 46.1. The molecular formula is C54H78F4O. The fourth-order valence-corrected chi connectivity index (χ4v) is 12.0. The molecule has 0 aromatic heterocycles. The van der Waals surface area contributed by atoms with Gasteiger partial charge < -0.3 is 4.74 Å². The summed E-state index contributed by atoms with van der Waals surface area (Å²) in [6, 6.07) is 6.30. The van der Waals surface area contributed by atoms with Gasteiger partial charge in [0.15, 0.2) is 0 Å². The molecule has 4 saturated carbocycles. The van der Waals surface area contributed by atoms with Crippen molar-refractivity contribution in [3.05, 3.63) is 94.1 Å². The lowest BCUT2D eigenvalue weighted by Gasteiger charge is -2.38. The van der Waals surface area contributed by atoms with E-state index < -0.39 is 23.3 Å². The van der Waals surface area contributed by atoms with Gasteiger partial charge >= 0.3 is 0 Å². The van der Waals surface area contributed by atoms with E-state index in [-0.39, 0.29) is 49.0 Å². The van der Waals surface area contributed by atoms with Crippen molar-refractivity contribution in [2.75, 3.05) is 13.2 Å². The maximum Gasteiger partial charge on any atom is 0.129 e. The number of hydrogen-bond donors (Lipinski definition) is 0. The second-order valence-electron chi connectivity index (χ2n) is 19.6. The van der Waals surface area contributed by atoms with Gasteiger partial charge in [-0.2, -0.15) is 0 Å². The van der Waals surface area contributed by atoms with Crippen molar-refractivity contribution in [1.82, 2.24) is 0 Å². The van der Waals surface area contributed by atoms with Crippen LogP contribution in [0.5, 0.6) is 0 Å². The Balaban J connectivity index is 0.852. The van der Waals surface area contributed by atoms with Gasteiger partial charge in [0.25, 0.3) is 0 Å². The third-order valence-corrected chi connectivity index (χ3v) is 15.8. The summed E-state index contributed by atoms with van der Waals surface area (Å²) in [5, 5.41) is 0. The third-order valence-electron chi connectivity index (χ3n) is 15.8. The van der Waals surface area contributed by atoms with E-state index in [1.165, 1.54) is 128 Å². The van der Waals surface area contributed by atoms with Gasteiger partial charge in [-0.1, -0.05) is 115 Å². The molecule has 4 aliphatic carbocycles. The molecule has 2 aromatic carbocycles. The number of rotatable bonds is 20. The number of unbranched alkanes of at least 4 members (excludes halogenated alkanes) is 4. The number of allylic oxidation sites excluding steroid dienone is 2. The van der Waals surface area contributed by atoms with Crippen LogP contribution in [0.3, 0.4) is 0 Å². The first-order valence-corrected chi connectivity index (χ1v) is 24.7. The largest absolute Gasteiger partial charge is 0.373 e. The smallest absolute Gasteiger partial charge is 0.129 e. The van der Waals surface area contributed by atoms with Crippen LogP contribution in [0, 0.1) is 58.8 Å². The molecule has 328 valence electrons. The molecule has 5 heteroatoms. The van der Waals surface area contributed by atoms with Gasteiger partial charge in [-0.05, 0) is 173 Å². The van der Waals surface area contributed by atoms with Crippen LogP contribution in [0.2, 0.25) is 0 Å². The monoisotopic (exact) mass is 819 g/mol. The van der Waals surface area contributed by atoms with Crippen molar-refractivity contribution < 1.29 is 22.3 Å². The topological polar surface area (TPSA) is 9.23 Å². The second kappa shape index (κ2) is 24.3. The number of halogens is 4. The molecule has 59 heavy (non-hydrogen) atoms. The summed E-state index contributed by atoms with van der Waals surface area (Å²) in [6.07, 6.45) is 38.2. The molecule has 6 rings (SSSR count).